The zero-order valence-electron chi connectivity index (χ0n) is 21.9. The van der Waals surface area contributed by atoms with Crippen LogP contribution in [0.4, 0.5) is 13.2 Å². The predicted octanol–water partition coefficient (Wildman–Crippen LogP) is 5.12. The summed E-state index contributed by atoms with van der Waals surface area (Å²) in [7, 11) is 3.12. The van der Waals surface area contributed by atoms with E-state index >= 15 is 0 Å². The smallest absolute Gasteiger partial charge is 0.416 e. The van der Waals surface area contributed by atoms with Crippen LogP contribution < -0.4 is 14.8 Å². The lowest BCUT2D eigenvalue weighted by Crippen LogP contribution is -2.44. The van der Waals surface area contributed by atoms with Crippen molar-refractivity contribution in [2.75, 3.05) is 33.9 Å². The van der Waals surface area contributed by atoms with E-state index in [0.717, 1.165) is 37.0 Å². The fourth-order valence-electron chi connectivity index (χ4n) is 6.43. The number of hydrogen-bond acceptors (Lipinski definition) is 4. The van der Waals surface area contributed by atoms with Crippen LogP contribution in [0.5, 0.6) is 11.5 Å². The zero-order valence-corrected chi connectivity index (χ0v) is 21.9. The third kappa shape index (κ3) is 4.50. The third-order valence-electron chi connectivity index (χ3n) is 8.88. The van der Waals surface area contributed by atoms with Gasteiger partial charge in [-0.2, -0.15) is 13.2 Å². The number of benzene rings is 2. The van der Waals surface area contributed by atoms with Crippen LogP contribution in [0.3, 0.4) is 0 Å². The molecular weight excluding hydrogens is 497 g/mol. The molecule has 6 nitrogen and oxygen atoms in total. The number of carbonyl (C=O) groups excluding carboxylic acids is 2. The Morgan fingerprint density at radius 1 is 1.05 bits per heavy atom. The van der Waals surface area contributed by atoms with E-state index in [2.05, 4.69) is 5.32 Å². The van der Waals surface area contributed by atoms with Crippen molar-refractivity contribution in [2.24, 2.45) is 11.3 Å². The summed E-state index contributed by atoms with van der Waals surface area (Å²) < 4.78 is 49.8. The summed E-state index contributed by atoms with van der Waals surface area (Å²) in [6.45, 7) is 3.49. The Hall–Kier alpha value is -3.23. The van der Waals surface area contributed by atoms with E-state index in [0.29, 0.717) is 55.1 Å². The summed E-state index contributed by atoms with van der Waals surface area (Å²) in [5, 5.41) is 3.14. The number of fused-ring (bicyclic) bond motifs is 1. The van der Waals surface area contributed by atoms with E-state index in [1.807, 2.05) is 11.8 Å². The van der Waals surface area contributed by atoms with Gasteiger partial charge in [-0.25, -0.2) is 0 Å². The summed E-state index contributed by atoms with van der Waals surface area (Å²) in [5.74, 6) is 1.22. The van der Waals surface area contributed by atoms with Crippen molar-refractivity contribution in [1.82, 2.24) is 10.2 Å². The fraction of sp³-hybridized carbons (Fsp3) is 0.517. The molecular formula is C29H33F3N2O4. The first-order valence-corrected chi connectivity index (χ1v) is 13.0. The Labute approximate surface area is 220 Å². The number of ether oxygens (including phenoxy) is 2. The maximum atomic E-state index is 13.5. The molecule has 1 saturated heterocycles. The zero-order chi connectivity index (χ0) is 27.3. The average Bonchev–Trinajstić information content (AvgIpc) is 3.51. The standard InChI is InChI=1S/C29H33F3N2O4/c1-18-23(37-2)13-19(14-24(18)38-3)25(35)34-15-22-5-4-10-27(22,17-34)16-33-26(36)28(11-12-28)20-6-8-21(9-7-20)29(30,31)32/h6-9,13-14,22H,4-5,10-12,15-17H2,1-3H3,(H,33,36)/t22-,27-/m0/s1. The minimum absolute atomic E-state index is 0.0925. The minimum Gasteiger partial charge on any atom is -0.496 e. The number of halogens is 3. The molecule has 2 amide bonds. The van der Waals surface area contributed by atoms with E-state index in [9.17, 15) is 22.8 Å². The molecule has 1 N–H and O–H groups in total. The van der Waals surface area contributed by atoms with E-state index in [1.54, 1.807) is 26.4 Å². The van der Waals surface area contributed by atoms with Crippen molar-refractivity contribution in [3.8, 4) is 11.5 Å². The van der Waals surface area contributed by atoms with Crippen LogP contribution >= 0.6 is 0 Å². The van der Waals surface area contributed by atoms with Gasteiger partial charge < -0.3 is 19.7 Å². The van der Waals surface area contributed by atoms with Crippen molar-refractivity contribution in [1.29, 1.82) is 0 Å². The second-order valence-corrected chi connectivity index (χ2v) is 11.0. The van der Waals surface area contributed by atoms with Crippen LogP contribution in [-0.2, 0) is 16.4 Å². The van der Waals surface area contributed by atoms with E-state index in [4.69, 9.17) is 9.47 Å². The topological polar surface area (TPSA) is 67.9 Å². The van der Waals surface area contributed by atoms with Crippen molar-refractivity contribution in [2.45, 2.75) is 50.6 Å². The fourth-order valence-corrected chi connectivity index (χ4v) is 6.43. The highest BCUT2D eigenvalue weighted by Gasteiger charge is 2.54. The molecule has 38 heavy (non-hydrogen) atoms. The highest BCUT2D eigenvalue weighted by Crippen LogP contribution is 2.51. The summed E-state index contributed by atoms with van der Waals surface area (Å²) >= 11 is 0. The molecule has 2 atom stereocenters. The van der Waals surface area contributed by atoms with E-state index < -0.39 is 17.2 Å². The van der Waals surface area contributed by atoms with Gasteiger partial charge in [-0.05, 0) is 68.4 Å². The molecule has 2 aromatic carbocycles. The number of amides is 2. The summed E-state index contributed by atoms with van der Waals surface area (Å²) in [5.41, 5.74) is 0.255. The molecule has 3 aliphatic rings. The van der Waals surface area contributed by atoms with Gasteiger partial charge in [-0.15, -0.1) is 0 Å². The average molecular weight is 531 g/mol. The highest BCUT2D eigenvalue weighted by molar-refractivity contribution is 5.96. The third-order valence-corrected chi connectivity index (χ3v) is 8.88. The number of nitrogens with zero attached hydrogens (tertiary/aromatic N) is 1. The van der Waals surface area contributed by atoms with Crippen LogP contribution in [0, 0.1) is 18.3 Å². The molecule has 3 fully saturated rings. The van der Waals surface area contributed by atoms with Crippen molar-refractivity contribution >= 4 is 11.8 Å². The van der Waals surface area contributed by atoms with Gasteiger partial charge in [0, 0.05) is 36.2 Å². The molecule has 204 valence electrons. The quantitative estimate of drug-likeness (QED) is 0.540. The molecule has 0 spiro atoms. The summed E-state index contributed by atoms with van der Waals surface area (Å²) in [6.07, 6.45) is -0.238. The number of carbonyl (C=O) groups is 2. The second kappa shape index (κ2) is 9.50. The Morgan fingerprint density at radius 2 is 1.68 bits per heavy atom. The van der Waals surface area contributed by atoms with Gasteiger partial charge in [-0.1, -0.05) is 18.6 Å². The Kier molecular flexibility index (Phi) is 6.60. The van der Waals surface area contributed by atoms with Crippen LogP contribution in [0.15, 0.2) is 36.4 Å². The van der Waals surface area contributed by atoms with Crippen LogP contribution in [0.25, 0.3) is 0 Å². The molecule has 9 heteroatoms. The van der Waals surface area contributed by atoms with Gasteiger partial charge in [0.25, 0.3) is 5.91 Å². The Bertz CT molecular complexity index is 1210. The Balaban J connectivity index is 1.29. The molecule has 0 bridgehead atoms. The first-order valence-electron chi connectivity index (χ1n) is 13.0. The molecule has 1 aliphatic heterocycles. The maximum absolute atomic E-state index is 13.5. The number of methoxy groups -OCH3 is 2. The van der Waals surface area contributed by atoms with Crippen LogP contribution in [0.1, 0.15) is 59.2 Å². The number of rotatable bonds is 7. The van der Waals surface area contributed by atoms with Crippen molar-refractivity contribution in [3.63, 3.8) is 0 Å². The van der Waals surface area contributed by atoms with Crippen LogP contribution in [0.2, 0.25) is 0 Å². The molecule has 2 aromatic rings. The minimum atomic E-state index is -4.41. The van der Waals surface area contributed by atoms with E-state index in [-0.39, 0.29) is 23.1 Å². The second-order valence-electron chi connectivity index (χ2n) is 11.0. The van der Waals surface area contributed by atoms with Gasteiger partial charge >= 0.3 is 6.18 Å². The maximum Gasteiger partial charge on any atom is 0.416 e. The van der Waals surface area contributed by atoms with Crippen LogP contribution in [-0.4, -0.2) is 50.6 Å². The van der Waals surface area contributed by atoms with Crippen molar-refractivity contribution in [3.05, 3.63) is 58.7 Å². The normalized spacial score (nSPS) is 23.6. The SMILES string of the molecule is COc1cc(C(=O)N2C[C@@H]3CCC[C@]3(CNC(=O)C3(c4ccc(C(F)(F)F)cc4)CC3)C2)cc(OC)c1C. The Morgan fingerprint density at radius 3 is 2.24 bits per heavy atom. The first kappa shape index (κ1) is 26.4. The lowest BCUT2D eigenvalue weighted by Gasteiger charge is -2.30. The molecule has 2 saturated carbocycles. The van der Waals surface area contributed by atoms with E-state index in [1.165, 1.54) is 12.1 Å². The molecule has 1 heterocycles. The number of alkyl halides is 3. The lowest BCUT2D eigenvalue weighted by atomic mass is 9.80. The largest absolute Gasteiger partial charge is 0.496 e. The number of likely N-dealkylation sites (tertiary alicyclic amines) is 1. The lowest BCUT2D eigenvalue weighted by molar-refractivity contribution is -0.137. The molecule has 5 rings (SSSR count). The molecule has 0 radical (unpaired) electrons. The summed E-state index contributed by atoms with van der Waals surface area (Å²) in [6, 6.07) is 8.42. The van der Waals surface area contributed by atoms with Gasteiger partial charge in [0.05, 0.1) is 25.2 Å². The van der Waals surface area contributed by atoms with Gasteiger partial charge in [0.2, 0.25) is 5.91 Å². The van der Waals surface area contributed by atoms with Gasteiger partial charge in [0.15, 0.2) is 0 Å². The first-order chi connectivity index (χ1) is 18.0. The van der Waals surface area contributed by atoms with Gasteiger partial charge in [-0.3, -0.25) is 9.59 Å². The van der Waals surface area contributed by atoms with Crippen molar-refractivity contribution < 1.29 is 32.2 Å². The highest BCUT2D eigenvalue weighted by atomic mass is 19.4. The predicted molar refractivity (Wildman–Crippen MR) is 135 cm³/mol. The molecule has 2 aliphatic carbocycles. The van der Waals surface area contributed by atoms with Gasteiger partial charge in [0.1, 0.15) is 11.5 Å². The number of hydrogen-bond donors (Lipinski definition) is 1. The molecule has 0 aromatic heterocycles. The summed E-state index contributed by atoms with van der Waals surface area (Å²) in [4.78, 5) is 28.7. The molecule has 0 unspecified atom stereocenters. The monoisotopic (exact) mass is 530 g/mol. The number of nitrogens with one attached hydrogen (secondary N) is 1.